The Balaban J connectivity index is 1.44. The van der Waals surface area contributed by atoms with Crippen molar-refractivity contribution >= 4 is 40.6 Å². The van der Waals surface area contributed by atoms with E-state index < -0.39 is 17.1 Å². The van der Waals surface area contributed by atoms with Crippen LogP contribution < -0.4 is 10.1 Å². The third-order valence-corrected chi connectivity index (χ3v) is 5.93. The molecule has 0 spiro atoms. The molecule has 3 aromatic rings. The molecule has 0 unspecified atom stereocenters. The molecular formula is C26H21FN2O4S. The number of hydrogen-bond acceptors (Lipinski definition) is 5. The highest BCUT2D eigenvalue weighted by molar-refractivity contribution is 8.18. The van der Waals surface area contributed by atoms with Crippen molar-refractivity contribution in [3.8, 4) is 5.75 Å². The topological polar surface area (TPSA) is 75.7 Å². The van der Waals surface area contributed by atoms with Gasteiger partial charge in [0.1, 0.15) is 24.7 Å². The number of thioether (sulfide) groups is 1. The Labute approximate surface area is 200 Å². The Hall–Kier alpha value is -3.91. The van der Waals surface area contributed by atoms with Crippen LogP contribution in [0.25, 0.3) is 6.08 Å². The van der Waals surface area contributed by atoms with Gasteiger partial charge in [-0.3, -0.25) is 19.3 Å². The lowest BCUT2D eigenvalue weighted by Crippen LogP contribution is -2.36. The molecule has 0 bridgehead atoms. The molecule has 34 heavy (non-hydrogen) atoms. The highest BCUT2D eigenvalue weighted by Gasteiger charge is 2.36. The van der Waals surface area contributed by atoms with Crippen LogP contribution in [0.3, 0.4) is 0 Å². The summed E-state index contributed by atoms with van der Waals surface area (Å²) in [4.78, 5) is 38.8. The third-order valence-electron chi connectivity index (χ3n) is 5.02. The summed E-state index contributed by atoms with van der Waals surface area (Å²) in [6.45, 7) is 1.77. The minimum absolute atomic E-state index is 0.200. The Morgan fingerprint density at radius 2 is 1.74 bits per heavy atom. The molecule has 1 aliphatic heterocycles. The molecule has 0 aromatic heterocycles. The molecule has 0 aliphatic carbocycles. The molecule has 3 amide bonds. The zero-order chi connectivity index (χ0) is 24.1. The van der Waals surface area contributed by atoms with Crippen molar-refractivity contribution in [2.45, 2.75) is 13.5 Å². The van der Waals surface area contributed by atoms with Crippen LogP contribution in [0.15, 0.2) is 77.7 Å². The summed E-state index contributed by atoms with van der Waals surface area (Å²) in [7, 11) is 0. The smallest absolute Gasteiger partial charge is 0.294 e. The van der Waals surface area contributed by atoms with E-state index in [2.05, 4.69) is 5.32 Å². The van der Waals surface area contributed by atoms with E-state index in [-0.39, 0.29) is 23.9 Å². The lowest BCUT2D eigenvalue weighted by molar-refractivity contribution is -0.127. The standard InChI is InChI=1S/C26H21FN2O4S/c1-17-6-12-21(13-7-17)28-24(30)15-29-25(31)23(34-26(29)32)14-19-4-2-3-5-22(19)33-16-18-8-10-20(27)11-9-18/h2-14H,15-16H2,1H3,(H,28,30)/b23-14-. The van der Waals surface area contributed by atoms with Gasteiger partial charge in [0.2, 0.25) is 5.91 Å². The van der Waals surface area contributed by atoms with Crippen molar-refractivity contribution in [1.29, 1.82) is 0 Å². The van der Waals surface area contributed by atoms with Gasteiger partial charge in [-0.2, -0.15) is 0 Å². The van der Waals surface area contributed by atoms with Gasteiger partial charge in [-0.15, -0.1) is 0 Å². The first-order valence-corrected chi connectivity index (χ1v) is 11.3. The van der Waals surface area contributed by atoms with E-state index in [1.807, 2.05) is 19.1 Å². The maximum absolute atomic E-state index is 13.1. The number of ether oxygens (including phenoxy) is 1. The average molecular weight is 477 g/mol. The molecule has 3 aromatic carbocycles. The first-order chi connectivity index (χ1) is 16.4. The lowest BCUT2D eigenvalue weighted by atomic mass is 10.1. The fraction of sp³-hybridized carbons (Fsp3) is 0.115. The summed E-state index contributed by atoms with van der Waals surface area (Å²) in [5, 5.41) is 2.18. The number of rotatable bonds is 7. The van der Waals surface area contributed by atoms with Crippen LogP contribution in [-0.2, 0) is 16.2 Å². The quantitative estimate of drug-likeness (QED) is 0.463. The van der Waals surface area contributed by atoms with E-state index in [0.717, 1.165) is 27.8 Å². The molecule has 0 radical (unpaired) electrons. The molecule has 8 heteroatoms. The van der Waals surface area contributed by atoms with E-state index in [9.17, 15) is 18.8 Å². The van der Waals surface area contributed by atoms with Crippen molar-refractivity contribution in [3.05, 3.63) is 100 Å². The number of benzene rings is 3. The summed E-state index contributed by atoms with van der Waals surface area (Å²) in [6.07, 6.45) is 1.57. The molecule has 1 N–H and O–H groups in total. The second-order valence-electron chi connectivity index (χ2n) is 7.64. The SMILES string of the molecule is Cc1ccc(NC(=O)CN2C(=O)S/C(=C\c3ccccc3OCc3ccc(F)cc3)C2=O)cc1. The van der Waals surface area contributed by atoms with Gasteiger partial charge in [0, 0.05) is 11.3 Å². The van der Waals surface area contributed by atoms with E-state index in [1.54, 1.807) is 54.6 Å². The van der Waals surface area contributed by atoms with Gasteiger partial charge in [-0.05, 0) is 60.7 Å². The first-order valence-electron chi connectivity index (χ1n) is 10.5. The van der Waals surface area contributed by atoms with Crippen LogP contribution >= 0.6 is 11.8 Å². The van der Waals surface area contributed by atoms with Crippen molar-refractivity contribution < 1.29 is 23.5 Å². The van der Waals surface area contributed by atoms with Gasteiger partial charge < -0.3 is 10.1 Å². The molecule has 0 atom stereocenters. The summed E-state index contributed by atoms with van der Waals surface area (Å²) in [5.41, 5.74) is 3.04. The van der Waals surface area contributed by atoms with Gasteiger partial charge in [-0.1, -0.05) is 48.0 Å². The normalized spacial score (nSPS) is 14.5. The van der Waals surface area contributed by atoms with Gasteiger partial charge >= 0.3 is 0 Å². The second kappa shape index (κ2) is 10.4. The number of carbonyl (C=O) groups is 3. The van der Waals surface area contributed by atoms with E-state index >= 15 is 0 Å². The highest BCUT2D eigenvalue weighted by Crippen LogP contribution is 2.34. The zero-order valence-electron chi connectivity index (χ0n) is 18.3. The molecule has 172 valence electrons. The predicted octanol–water partition coefficient (Wildman–Crippen LogP) is 5.39. The van der Waals surface area contributed by atoms with E-state index in [4.69, 9.17) is 4.74 Å². The highest BCUT2D eigenvalue weighted by atomic mass is 32.2. The molecule has 1 saturated heterocycles. The third kappa shape index (κ3) is 5.71. The number of hydrogen-bond donors (Lipinski definition) is 1. The van der Waals surface area contributed by atoms with Crippen molar-refractivity contribution in [2.75, 3.05) is 11.9 Å². The van der Waals surface area contributed by atoms with Gasteiger partial charge in [-0.25, -0.2) is 4.39 Å². The van der Waals surface area contributed by atoms with Crippen molar-refractivity contribution in [1.82, 2.24) is 4.90 Å². The van der Waals surface area contributed by atoms with Crippen LogP contribution in [0.4, 0.5) is 14.9 Å². The maximum atomic E-state index is 13.1. The Bertz CT molecular complexity index is 1260. The van der Waals surface area contributed by atoms with Crippen LogP contribution in [0.1, 0.15) is 16.7 Å². The Morgan fingerprint density at radius 3 is 2.47 bits per heavy atom. The largest absolute Gasteiger partial charge is 0.488 e. The van der Waals surface area contributed by atoms with Crippen LogP contribution in [0.5, 0.6) is 5.75 Å². The van der Waals surface area contributed by atoms with Gasteiger partial charge in [0.25, 0.3) is 11.1 Å². The fourth-order valence-electron chi connectivity index (χ4n) is 3.23. The maximum Gasteiger partial charge on any atom is 0.294 e. The minimum Gasteiger partial charge on any atom is -0.488 e. The number of nitrogens with one attached hydrogen (secondary N) is 1. The number of amides is 3. The first kappa shape index (κ1) is 23.3. The Kier molecular flexibility index (Phi) is 7.08. The fourth-order valence-corrected chi connectivity index (χ4v) is 4.06. The molecule has 1 fully saturated rings. The van der Waals surface area contributed by atoms with Crippen LogP contribution in [-0.4, -0.2) is 28.5 Å². The number of para-hydroxylation sites is 1. The van der Waals surface area contributed by atoms with Crippen molar-refractivity contribution in [3.63, 3.8) is 0 Å². The van der Waals surface area contributed by atoms with E-state index in [1.165, 1.54) is 12.1 Å². The Morgan fingerprint density at radius 1 is 1.03 bits per heavy atom. The zero-order valence-corrected chi connectivity index (χ0v) is 19.1. The molecule has 1 heterocycles. The number of imide groups is 1. The molecule has 6 nitrogen and oxygen atoms in total. The number of nitrogens with zero attached hydrogens (tertiary/aromatic N) is 1. The lowest BCUT2D eigenvalue weighted by Gasteiger charge is -2.12. The average Bonchev–Trinajstić information content (AvgIpc) is 3.08. The number of aryl methyl sites for hydroxylation is 1. The molecular weight excluding hydrogens is 455 g/mol. The summed E-state index contributed by atoms with van der Waals surface area (Å²) in [6, 6.07) is 20.3. The molecule has 4 rings (SSSR count). The van der Waals surface area contributed by atoms with Gasteiger partial charge in [0.05, 0.1) is 4.91 Å². The summed E-state index contributed by atoms with van der Waals surface area (Å²) in [5.74, 6) is -0.819. The monoisotopic (exact) mass is 476 g/mol. The van der Waals surface area contributed by atoms with Crippen molar-refractivity contribution in [2.24, 2.45) is 0 Å². The minimum atomic E-state index is -0.539. The molecule has 1 aliphatic rings. The summed E-state index contributed by atoms with van der Waals surface area (Å²) < 4.78 is 19.0. The number of anilines is 1. The van der Waals surface area contributed by atoms with Gasteiger partial charge in [0.15, 0.2) is 0 Å². The van der Waals surface area contributed by atoms with E-state index in [0.29, 0.717) is 17.0 Å². The predicted molar refractivity (Wildman–Crippen MR) is 130 cm³/mol. The molecule has 0 saturated carbocycles. The van der Waals surface area contributed by atoms with Crippen LogP contribution in [0.2, 0.25) is 0 Å². The summed E-state index contributed by atoms with van der Waals surface area (Å²) >= 11 is 0.773. The number of halogens is 1. The second-order valence-corrected chi connectivity index (χ2v) is 8.63. The number of carbonyl (C=O) groups excluding carboxylic acids is 3. The van der Waals surface area contributed by atoms with Crippen LogP contribution in [0, 0.1) is 12.7 Å².